The Bertz CT molecular complexity index is 1070. The van der Waals surface area contributed by atoms with E-state index in [4.69, 9.17) is 0 Å². The Morgan fingerprint density at radius 1 is 1.00 bits per heavy atom. The van der Waals surface area contributed by atoms with Crippen LogP contribution < -0.4 is 21.3 Å². The number of carbonyl (C=O) groups is 5. The van der Waals surface area contributed by atoms with Crippen molar-refractivity contribution in [1.29, 1.82) is 0 Å². The van der Waals surface area contributed by atoms with Crippen LogP contribution in [-0.2, 0) is 19.2 Å². The molecular weight excluding hydrogens is 521 g/mol. The minimum absolute atomic E-state index is 0.00821. The second-order valence-electron chi connectivity index (χ2n) is 8.95. The van der Waals surface area contributed by atoms with E-state index in [-0.39, 0.29) is 44.2 Å². The number of hydrogen-bond acceptors (Lipinski definition) is 5. The monoisotopic (exact) mass is 547 g/mol. The lowest BCUT2D eigenvalue weighted by atomic mass is 9.90. The number of likely N-dealkylation sites (tertiary alicyclic amines) is 1. The van der Waals surface area contributed by atoms with E-state index in [0.717, 1.165) is 4.90 Å². The third-order valence-electron chi connectivity index (χ3n) is 6.43. The molecule has 1 aromatic rings. The summed E-state index contributed by atoms with van der Waals surface area (Å²) in [6.07, 6.45) is -9.71. The van der Waals surface area contributed by atoms with E-state index in [0.29, 0.717) is 0 Å². The van der Waals surface area contributed by atoms with Crippen molar-refractivity contribution in [2.45, 2.75) is 62.5 Å². The van der Waals surface area contributed by atoms with Gasteiger partial charge in [-0.25, -0.2) is 0 Å². The summed E-state index contributed by atoms with van der Waals surface area (Å²) >= 11 is 0. The highest BCUT2D eigenvalue weighted by Crippen LogP contribution is 2.34. The molecule has 3 rings (SSSR count). The summed E-state index contributed by atoms with van der Waals surface area (Å²) in [5.74, 6) is -6.40. The SMILES string of the molecule is O=C(CNC(=O)c1ccccc1)NC1(C(=O)N2CCCC2NC(=O)C(F)(F)F)CCCC1NC(=O)C(F)F. The molecule has 0 radical (unpaired) electrons. The van der Waals surface area contributed by atoms with Gasteiger partial charge in [-0.3, -0.25) is 24.0 Å². The first-order valence-electron chi connectivity index (χ1n) is 11.8. The van der Waals surface area contributed by atoms with Crippen LogP contribution >= 0.6 is 0 Å². The van der Waals surface area contributed by atoms with Crippen molar-refractivity contribution in [2.75, 3.05) is 13.1 Å². The first-order chi connectivity index (χ1) is 17.8. The highest BCUT2D eigenvalue weighted by molar-refractivity contribution is 5.98. The zero-order valence-corrected chi connectivity index (χ0v) is 19.9. The van der Waals surface area contributed by atoms with Crippen LogP contribution in [0, 0.1) is 0 Å². The number of nitrogens with zero attached hydrogens (tertiary/aromatic N) is 1. The van der Waals surface area contributed by atoms with E-state index in [9.17, 15) is 45.9 Å². The lowest BCUT2D eigenvalue weighted by Crippen LogP contribution is -2.69. The first kappa shape index (κ1) is 28.8. The Morgan fingerprint density at radius 3 is 2.32 bits per heavy atom. The van der Waals surface area contributed by atoms with Crippen molar-refractivity contribution >= 4 is 29.5 Å². The lowest BCUT2D eigenvalue weighted by Gasteiger charge is -2.40. The molecule has 15 heteroatoms. The molecule has 4 N–H and O–H groups in total. The predicted molar refractivity (Wildman–Crippen MR) is 120 cm³/mol. The van der Waals surface area contributed by atoms with Gasteiger partial charge in [0.2, 0.25) is 5.91 Å². The Morgan fingerprint density at radius 2 is 1.68 bits per heavy atom. The molecule has 1 saturated heterocycles. The second kappa shape index (κ2) is 11.7. The minimum Gasteiger partial charge on any atom is -0.346 e. The Hall–Kier alpha value is -3.78. The summed E-state index contributed by atoms with van der Waals surface area (Å²) in [6.45, 7) is -0.702. The molecule has 1 saturated carbocycles. The quantitative estimate of drug-likeness (QED) is 0.358. The highest BCUT2D eigenvalue weighted by Gasteiger charge is 2.54. The number of carbonyl (C=O) groups excluding carboxylic acids is 5. The zero-order valence-electron chi connectivity index (χ0n) is 19.9. The minimum atomic E-state index is -5.21. The standard InChI is InChI=1S/C23H26F5N5O5/c24-17(25)19(36)30-14-8-4-10-22(14,32-16(34)12-29-18(35)13-6-2-1-3-7-13)21(38)33-11-5-9-15(33)31-20(37)23(26,27)28/h1-3,6-7,14-15,17H,4-5,8-12H2,(H,29,35)(H,30,36)(H,31,37)(H,32,34). The van der Waals surface area contributed by atoms with Gasteiger partial charge in [0.1, 0.15) is 11.7 Å². The topological polar surface area (TPSA) is 137 Å². The van der Waals surface area contributed by atoms with Crippen molar-refractivity contribution in [3.05, 3.63) is 35.9 Å². The van der Waals surface area contributed by atoms with Gasteiger partial charge in [0.05, 0.1) is 12.6 Å². The van der Waals surface area contributed by atoms with Gasteiger partial charge in [0.15, 0.2) is 0 Å². The van der Waals surface area contributed by atoms with Crippen molar-refractivity contribution in [1.82, 2.24) is 26.2 Å². The summed E-state index contributed by atoms with van der Waals surface area (Å²) in [7, 11) is 0. The van der Waals surface area contributed by atoms with Crippen LogP contribution in [0.2, 0.25) is 0 Å². The van der Waals surface area contributed by atoms with Gasteiger partial charge in [-0.2, -0.15) is 22.0 Å². The lowest BCUT2D eigenvalue weighted by molar-refractivity contribution is -0.176. The van der Waals surface area contributed by atoms with Crippen molar-refractivity contribution in [3.63, 3.8) is 0 Å². The van der Waals surface area contributed by atoms with Gasteiger partial charge in [0.25, 0.3) is 17.7 Å². The Kier molecular flexibility index (Phi) is 8.89. The molecule has 10 nitrogen and oxygen atoms in total. The van der Waals surface area contributed by atoms with Crippen LogP contribution in [0.1, 0.15) is 42.5 Å². The van der Waals surface area contributed by atoms with E-state index in [1.54, 1.807) is 23.5 Å². The number of nitrogens with one attached hydrogen (secondary N) is 4. The van der Waals surface area contributed by atoms with Gasteiger partial charge < -0.3 is 26.2 Å². The molecular formula is C23H26F5N5O5. The molecule has 0 bridgehead atoms. The maximum atomic E-state index is 13.7. The summed E-state index contributed by atoms with van der Waals surface area (Å²) in [6, 6.07) is 6.55. The Balaban J connectivity index is 1.82. The molecule has 3 unspecified atom stereocenters. The van der Waals surface area contributed by atoms with E-state index in [1.165, 1.54) is 12.1 Å². The van der Waals surface area contributed by atoms with Crippen LogP contribution in [-0.4, -0.2) is 77.9 Å². The van der Waals surface area contributed by atoms with Crippen LogP contribution in [0.4, 0.5) is 22.0 Å². The molecule has 1 aromatic carbocycles. The molecule has 1 heterocycles. The maximum absolute atomic E-state index is 13.7. The maximum Gasteiger partial charge on any atom is 0.471 e. The largest absolute Gasteiger partial charge is 0.471 e. The smallest absolute Gasteiger partial charge is 0.346 e. The van der Waals surface area contributed by atoms with Crippen molar-refractivity contribution in [2.24, 2.45) is 0 Å². The van der Waals surface area contributed by atoms with Crippen LogP contribution in [0.5, 0.6) is 0 Å². The average Bonchev–Trinajstić information content (AvgIpc) is 3.49. The van der Waals surface area contributed by atoms with Crippen LogP contribution in [0.25, 0.3) is 0 Å². The third-order valence-corrected chi connectivity index (χ3v) is 6.43. The van der Waals surface area contributed by atoms with E-state index < -0.39 is 66.4 Å². The number of hydrogen-bond donors (Lipinski definition) is 4. The van der Waals surface area contributed by atoms with Gasteiger partial charge in [-0.1, -0.05) is 18.2 Å². The number of halogens is 5. The number of rotatable bonds is 8. The molecule has 38 heavy (non-hydrogen) atoms. The van der Waals surface area contributed by atoms with E-state index in [2.05, 4.69) is 10.6 Å². The van der Waals surface area contributed by atoms with Gasteiger partial charge in [-0.15, -0.1) is 0 Å². The molecule has 0 spiro atoms. The highest BCUT2D eigenvalue weighted by atomic mass is 19.4. The fourth-order valence-corrected chi connectivity index (χ4v) is 4.69. The second-order valence-corrected chi connectivity index (χ2v) is 8.95. The van der Waals surface area contributed by atoms with Crippen LogP contribution in [0.3, 0.4) is 0 Å². The third kappa shape index (κ3) is 6.55. The van der Waals surface area contributed by atoms with E-state index in [1.807, 2.05) is 5.32 Å². The molecule has 0 aromatic heterocycles. The van der Waals surface area contributed by atoms with Crippen molar-refractivity contribution in [3.8, 4) is 0 Å². The fourth-order valence-electron chi connectivity index (χ4n) is 4.69. The molecule has 1 aliphatic heterocycles. The molecule has 2 fully saturated rings. The molecule has 3 atom stereocenters. The Labute approximate surface area is 213 Å². The molecule has 1 aliphatic carbocycles. The summed E-state index contributed by atoms with van der Waals surface area (Å²) in [4.78, 5) is 63.0. The zero-order chi connectivity index (χ0) is 28.1. The fraction of sp³-hybridized carbons (Fsp3) is 0.522. The predicted octanol–water partition coefficient (Wildman–Crippen LogP) is 0.832. The number of alkyl halides is 5. The van der Waals surface area contributed by atoms with Crippen LogP contribution in [0.15, 0.2) is 30.3 Å². The van der Waals surface area contributed by atoms with Gasteiger partial charge >= 0.3 is 18.5 Å². The van der Waals surface area contributed by atoms with Crippen molar-refractivity contribution < 1.29 is 45.9 Å². The van der Waals surface area contributed by atoms with E-state index >= 15 is 0 Å². The summed E-state index contributed by atoms with van der Waals surface area (Å²) < 4.78 is 64.4. The summed E-state index contributed by atoms with van der Waals surface area (Å²) in [5, 5.41) is 8.58. The first-order valence-corrected chi connectivity index (χ1v) is 11.8. The molecule has 5 amide bonds. The average molecular weight is 547 g/mol. The number of benzene rings is 1. The molecule has 208 valence electrons. The number of amides is 5. The summed E-state index contributed by atoms with van der Waals surface area (Å²) in [5.41, 5.74) is -1.75. The van der Waals surface area contributed by atoms with Gasteiger partial charge in [0, 0.05) is 12.1 Å². The normalized spacial score (nSPS) is 23.2. The molecule has 2 aliphatic rings. The van der Waals surface area contributed by atoms with Gasteiger partial charge in [-0.05, 0) is 44.2 Å².